The van der Waals surface area contributed by atoms with Gasteiger partial charge in [-0.15, -0.1) is 0 Å². The molecule has 0 bridgehead atoms. The van der Waals surface area contributed by atoms with Crippen molar-refractivity contribution in [1.82, 2.24) is 39.0 Å². The molecule has 4 aromatic heterocycles. The summed E-state index contributed by atoms with van der Waals surface area (Å²) < 4.78 is 106. The van der Waals surface area contributed by atoms with Crippen LogP contribution in [0.4, 0.5) is 16.0 Å². The van der Waals surface area contributed by atoms with E-state index in [1.807, 2.05) is 0 Å². The summed E-state index contributed by atoms with van der Waals surface area (Å²) in [5.74, 6) is -1.25. The first-order valence-corrected chi connectivity index (χ1v) is 21.7. The molecular weight excluding hydrogens is 841 g/mol. The van der Waals surface area contributed by atoms with E-state index in [-0.39, 0.29) is 40.4 Å². The van der Waals surface area contributed by atoms with Crippen molar-refractivity contribution >= 4 is 61.3 Å². The molecule has 4 aromatic rings. The Morgan fingerprint density at radius 3 is 1.97 bits per heavy atom. The summed E-state index contributed by atoms with van der Waals surface area (Å²) in [5, 5.41) is 0. The number of nitrogen functional groups attached to an aromatic ring is 2. The molecule has 3 saturated heterocycles. The van der Waals surface area contributed by atoms with Gasteiger partial charge in [0, 0.05) is 6.42 Å². The maximum Gasteiger partial charge on any atom is 0.478 e. The lowest BCUT2D eigenvalue weighted by Crippen LogP contribution is -2.35. The van der Waals surface area contributed by atoms with Gasteiger partial charge >= 0.3 is 27.4 Å². The lowest BCUT2D eigenvalue weighted by atomic mass is 9.98. The number of imidazole rings is 2. The molecule has 4 N–H and O–H groups in total. The Morgan fingerprint density at radius 2 is 1.35 bits per heavy atom. The average molecular weight is 887 g/mol. The lowest BCUT2D eigenvalue weighted by molar-refractivity contribution is -0.161. The molecule has 9 atom stereocenters. The van der Waals surface area contributed by atoms with Gasteiger partial charge in [-0.25, -0.2) is 43.4 Å². The van der Waals surface area contributed by atoms with Crippen molar-refractivity contribution in [2.24, 2.45) is 10.8 Å². The number of fused-ring (bicyclic) bond motifs is 4. The number of phosphoric ester groups is 1. The molecule has 0 radical (unpaired) electrons. The Kier molecular flexibility index (Phi) is 12.3. The number of ether oxygens (including phenoxy) is 5. The zero-order chi connectivity index (χ0) is 43.2. The number of hydrogen-bond acceptors (Lipinski definition) is 22. The van der Waals surface area contributed by atoms with Gasteiger partial charge in [-0.05, 0) is 41.5 Å². The van der Waals surface area contributed by atoms with E-state index in [1.165, 1.54) is 28.1 Å². The fourth-order valence-corrected chi connectivity index (χ4v) is 8.59. The van der Waals surface area contributed by atoms with Crippen LogP contribution in [0.1, 0.15) is 60.4 Å². The van der Waals surface area contributed by atoms with Crippen molar-refractivity contribution in [2.45, 2.75) is 91.0 Å². The van der Waals surface area contributed by atoms with Gasteiger partial charge in [0.1, 0.15) is 60.7 Å². The summed E-state index contributed by atoms with van der Waals surface area (Å²) >= 11 is 0. The Labute approximate surface area is 341 Å². The molecule has 27 heteroatoms. The minimum atomic E-state index is -4.84. The normalized spacial score (nSPS) is 30.6. The van der Waals surface area contributed by atoms with Crippen LogP contribution in [0.3, 0.4) is 0 Å². The monoisotopic (exact) mass is 886 g/mol. The van der Waals surface area contributed by atoms with Crippen LogP contribution >= 0.6 is 15.4 Å². The van der Waals surface area contributed by atoms with Crippen LogP contribution < -0.4 is 11.5 Å². The van der Waals surface area contributed by atoms with Crippen molar-refractivity contribution in [1.29, 1.82) is 0 Å². The highest BCUT2D eigenvalue weighted by Gasteiger charge is 2.52. The standard InChI is InChI=1S/C33H45FN10O14P2/c1-32(2,3)30(45)49-14-54-59(47)16-51-24-19(57-29(21(24)34)44-13-42-23-26(36)38-11-40-28(23)44)9-53-60(48,55-15-50-31(46)33(4,5)6)58-17-7-20(56-18(17)8-52-59)43-12-41-22-25(35)37-10-39-27(22)43/h10-13,17-21,24,29H,7-9,14-16H2,1-6H3,(H2,35,37,39)(H2,36,38,40)/t17-,18+,19+,20+,21+,24+,29+,59?,60?/m0/s1. The molecule has 0 amide bonds. The third-order valence-corrected chi connectivity index (χ3v) is 12.3. The van der Waals surface area contributed by atoms with Crippen molar-refractivity contribution in [3.8, 4) is 0 Å². The smallest absolute Gasteiger partial charge is 0.438 e. The number of halogens is 1. The van der Waals surface area contributed by atoms with Crippen molar-refractivity contribution in [3.05, 3.63) is 25.3 Å². The highest BCUT2D eigenvalue weighted by Crippen LogP contribution is 2.56. The third kappa shape index (κ3) is 9.29. The van der Waals surface area contributed by atoms with Gasteiger partial charge in [0.25, 0.3) is 0 Å². The molecule has 3 aliphatic heterocycles. The zero-order valence-corrected chi connectivity index (χ0v) is 35.1. The maximum absolute atomic E-state index is 16.7. The quantitative estimate of drug-likeness (QED) is 0.145. The Balaban J connectivity index is 1.22. The molecule has 0 saturated carbocycles. The number of nitrogens with zero attached hydrogens (tertiary/aromatic N) is 8. The first-order chi connectivity index (χ1) is 28.3. The van der Waals surface area contributed by atoms with Crippen LogP contribution in [0.5, 0.6) is 0 Å². The van der Waals surface area contributed by atoms with Crippen LogP contribution in [-0.4, -0.2) is 115 Å². The van der Waals surface area contributed by atoms with E-state index < -0.39 is 114 Å². The number of carbonyl (C=O) groups is 2. The predicted octanol–water partition coefficient (Wildman–Crippen LogP) is 3.56. The van der Waals surface area contributed by atoms with Crippen molar-refractivity contribution in [3.63, 3.8) is 0 Å². The summed E-state index contributed by atoms with van der Waals surface area (Å²) in [4.78, 5) is 49.9. The molecule has 0 aromatic carbocycles. The Hall–Kier alpha value is -4.29. The number of alkyl halides is 1. The lowest BCUT2D eigenvalue weighted by Gasteiger charge is -2.26. The summed E-state index contributed by atoms with van der Waals surface area (Å²) in [7, 11) is -9.35. The van der Waals surface area contributed by atoms with Crippen LogP contribution in [-0.2, 0) is 65.0 Å². The van der Waals surface area contributed by atoms with Gasteiger partial charge in [0.15, 0.2) is 35.3 Å². The summed E-state index contributed by atoms with van der Waals surface area (Å²) in [6.45, 7) is 6.59. The van der Waals surface area contributed by atoms with E-state index in [0.29, 0.717) is 0 Å². The Morgan fingerprint density at radius 1 is 0.783 bits per heavy atom. The molecule has 2 unspecified atom stereocenters. The van der Waals surface area contributed by atoms with Gasteiger partial charge in [-0.1, -0.05) is 0 Å². The fraction of sp³-hybridized carbons (Fsp3) is 0.636. The summed E-state index contributed by atoms with van der Waals surface area (Å²) in [6, 6.07) is 0. The SMILES string of the molecule is CC(C)(C)C(=O)OCOP1(=O)CO[C@H]2[C@@H](F)[C@H](n3cnc4c(N)ncnc43)O[C@@H]2COP(=O)(OCOC(=O)C(C)(C)C)O[C@H]2C[C@H](n3cnc4c(N)ncnc43)O[C@@H]2CO1. The molecule has 7 heterocycles. The van der Waals surface area contributed by atoms with Gasteiger partial charge in [-0.3, -0.25) is 36.9 Å². The molecule has 0 spiro atoms. The number of carbonyl (C=O) groups excluding carboxylic acids is 2. The van der Waals surface area contributed by atoms with E-state index in [4.69, 9.17) is 57.8 Å². The van der Waals surface area contributed by atoms with Gasteiger partial charge in [0.2, 0.25) is 13.6 Å². The first kappa shape index (κ1) is 43.8. The molecule has 328 valence electrons. The maximum atomic E-state index is 16.7. The number of anilines is 2. The number of nitrogens with two attached hydrogens (primary N) is 2. The predicted molar refractivity (Wildman–Crippen MR) is 202 cm³/mol. The van der Waals surface area contributed by atoms with Crippen LogP contribution in [0, 0.1) is 10.8 Å². The van der Waals surface area contributed by atoms with E-state index >= 15 is 4.39 Å². The highest BCUT2D eigenvalue weighted by atomic mass is 31.2. The second-order valence-electron chi connectivity index (χ2n) is 16.0. The number of hydrogen-bond donors (Lipinski definition) is 2. The molecular formula is C33H45FN10O14P2. The van der Waals surface area contributed by atoms with E-state index in [9.17, 15) is 18.7 Å². The summed E-state index contributed by atoms with van der Waals surface area (Å²) in [5.41, 5.74) is 10.9. The number of rotatable bonds is 8. The molecule has 60 heavy (non-hydrogen) atoms. The summed E-state index contributed by atoms with van der Waals surface area (Å²) in [6.07, 6.45) is -6.00. The second-order valence-corrected chi connectivity index (χ2v) is 19.6. The minimum Gasteiger partial charge on any atom is -0.438 e. The van der Waals surface area contributed by atoms with Gasteiger partial charge in [0.05, 0.1) is 36.7 Å². The third-order valence-electron chi connectivity index (χ3n) is 9.39. The van der Waals surface area contributed by atoms with Gasteiger partial charge in [-0.2, -0.15) is 0 Å². The van der Waals surface area contributed by atoms with Crippen LogP contribution in [0.25, 0.3) is 22.3 Å². The highest BCUT2D eigenvalue weighted by molar-refractivity contribution is 7.53. The minimum absolute atomic E-state index is 0.0224. The topological polar surface area (TPSA) is 300 Å². The second kappa shape index (κ2) is 16.9. The van der Waals surface area contributed by atoms with Crippen LogP contribution in [0.2, 0.25) is 0 Å². The zero-order valence-electron chi connectivity index (χ0n) is 33.3. The van der Waals surface area contributed by atoms with Gasteiger partial charge < -0.3 is 39.7 Å². The van der Waals surface area contributed by atoms with E-state index in [2.05, 4.69) is 29.9 Å². The van der Waals surface area contributed by atoms with Crippen molar-refractivity contribution < 1.29 is 69.4 Å². The number of aromatic nitrogens is 8. The van der Waals surface area contributed by atoms with Crippen molar-refractivity contribution in [2.75, 3.05) is 44.6 Å². The Bertz CT molecular complexity index is 2320. The number of esters is 2. The number of phosphoric acid groups is 1. The van der Waals surface area contributed by atoms with E-state index in [1.54, 1.807) is 41.5 Å². The molecule has 24 nitrogen and oxygen atoms in total. The largest absolute Gasteiger partial charge is 0.478 e. The van der Waals surface area contributed by atoms with E-state index in [0.717, 1.165) is 6.33 Å². The van der Waals surface area contributed by atoms with Crippen LogP contribution in [0.15, 0.2) is 25.3 Å². The molecule has 3 fully saturated rings. The molecule has 7 rings (SSSR count). The average Bonchev–Trinajstić information content (AvgIpc) is 3.96. The molecule has 3 aliphatic rings. The first-order valence-electron chi connectivity index (χ1n) is 18.5. The molecule has 0 aliphatic carbocycles. The fourth-order valence-electron chi connectivity index (χ4n) is 6.16.